The zero-order valence-corrected chi connectivity index (χ0v) is 14.1. The third-order valence-corrected chi connectivity index (χ3v) is 5.16. The summed E-state index contributed by atoms with van der Waals surface area (Å²) < 4.78 is 5.33. The number of hydrogen-bond acceptors (Lipinski definition) is 5. The highest BCUT2D eigenvalue weighted by Gasteiger charge is 2.13. The minimum absolute atomic E-state index is 0.131. The van der Waals surface area contributed by atoms with Gasteiger partial charge >= 0.3 is 5.97 Å². The summed E-state index contributed by atoms with van der Waals surface area (Å²) in [7, 11) is 0. The number of thiazole rings is 1. The van der Waals surface area contributed by atoms with E-state index in [1.807, 2.05) is 35.9 Å². The molecule has 1 aromatic carbocycles. The van der Waals surface area contributed by atoms with Crippen molar-refractivity contribution >= 4 is 40.2 Å². The standard InChI is InChI=1S/C16H12ClNO2S2/c1-10-4-5-12(17)13(7-10)20-15(19)8-11-9-22-16(18-11)14-3-2-6-21-14/h2-7,9H,8H2,1H3. The van der Waals surface area contributed by atoms with Crippen molar-refractivity contribution in [3.8, 4) is 15.6 Å². The third-order valence-electron chi connectivity index (χ3n) is 2.92. The van der Waals surface area contributed by atoms with Gasteiger partial charge in [-0.1, -0.05) is 23.7 Å². The fourth-order valence-electron chi connectivity index (χ4n) is 1.90. The lowest BCUT2D eigenvalue weighted by atomic mass is 10.2. The summed E-state index contributed by atoms with van der Waals surface area (Å²) in [6.45, 7) is 1.92. The van der Waals surface area contributed by atoms with Crippen molar-refractivity contribution in [3.05, 3.63) is 57.4 Å². The summed E-state index contributed by atoms with van der Waals surface area (Å²) in [4.78, 5) is 17.6. The first-order chi connectivity index (χ1) is 10.6. The first-order valence-corrected chi connectivity index (χ1v) is 8.70. The maximum atomic E-state index is 12.0. The normalized spacial score (nSPS) is 10.6. The number of carbonyl (C=O) groups excluding carboxylic acids is 1. The lowest BCUT2D eigenvalue weighted by molar-refractivity contribution is -0.133. The molecular formula is C16H12ClNO2S2. The molecule has 0 unspecified atom stereocenters. The number of nitrogens with zero attached hydrogens (tertiary/aromatic N) is 1. The predicted molar refractivity (Wildman–Crippen MR) is 91.0 cm³/mol. The van der Waals surface area contributed by atoms with Crippen molar-refractivity contribution in [2.24, 2.45) is 0 Å². The van der Waals surface area contributed by atoms with E-state index in [9.17, 15) is 4.79 Å². The summed E-state index contributed by atoms with van der Waals surface area (Å²) in [5, 5.41) is 5.24. The van der Waals surface area contributed by atoms with E-state index in [1.54, 1.807) is 23.5 Å². The highest BCUT2D eigenvalue weighted by atomic mass is 35.5. The molecule has 0 amide bonds. The van der Waals surface area contributed by atoms with Crippen LogP contribution in [0.3, 0.4) is 0 Å². The van der Waals surface area contributed by atoms with Gasteiger partial charge in [-0.05, 0) is 36.1 Å². The van der Waals surface area contributed by atoms with Crippen molar-refractivity contribution in [3.63, 3.8) is 0 Å². The van der Waals surface area contributed by atoms with E-state index < -0.39 is 0 Å². The molecule has 0 fully saturated rings. The van der Waals surface area contributed by atoms with Gasteiger partial charge in [0.2, 0.25) is 0 Å². The third kappa shape index (κ3) is 3.55. The van der Waals surface area contributed by atoms with Crippen LogP contribution < -0.4 is 4.74 Å². The van der Waals surface area contributed by atoms with Crippen LogP contribution in [0, 0.1) is 6.92 Å². The Morgan fingerprint density at radius 1 is 1.32 bits per heavy atom. The van der Waals surface area contributed by atoms with Crippen LogP contribution in [0.25, 0.3) is 9.88 Å². The molecule has 22 heavy (non-hydrogen) atoms. The Bertz CT molecular complexity index is 796. The zero-order valence-electron chi connectivity index (χ0n) is 11.7. The number of halogens is 1. The fourth-order valence-corrected chi connectivity index (χ4v) is 3.69. The molecule has 3 nitrogen and oxygen atoms in total. The maximum absolute atomic E-state index is 12.0. The van der Waals surface area contributed by atoms with Crippen molar-refractivity contribution in [2.75, 3.05) is 0 Å². The second-order valence-corrected chi connectivity index (χ2v) is 6.92. The number of esters is 1. The van der Waals surface area contributed by atoms with Gasteiger partial charge in [0.25, 0.3) is 0 Å². The number of aryl methyl sites for hydroxylation is 1. The molecule has 0 aliphatic carbocycles. The summed E-state index contributed by atoms with van der Waals surface area (Å²) in [5.41, 5.74) is 1.70. The molecule has 0 aliphatic rings. The molecule has 0 N–H and O–H groups in total. The Balaban J connectivity index is 1.68. The lowest BCUT2D eigenvalue weighted by Crippen LogP contribution is -2.11. The van der Waals surface area contributed by atoms with Gasteiger partial charge in [0.05, 0.1) is 22.0 Å². The smallest absolute Gasteiger partial charge is 0.317 e. The predicted octanol–water partition coefficient (Wildman–Crippen LogP) is 4.98. The van der Waals surface area contributed by atoms with E-state index in [4.69, 9.17) is 16.3 Å². The summed E-state index contributed by atoms with van der Waals surface area (Å²) in [5.74, 6) is 0.0240. The molecule has 3 aromatic rings. The van der Waals surface area contributed by atoms with E-state index >= 15 is 0 Å². The van der Waals surface area contributed by atoms with Gasteiger partial charge in [-0.25, -0.2) is 4.98 Å². The highest BCUT2D eigenvalue weighted by Crippen LogP contribution is 2.29. The summed E-state index contributed by atoms with van der Waals surface area (Å²) >= 11 is 9.18. The Morgan fingerprint density at radius 2 is 2.18 bits per heavy atom. The molecule has 0 saturated heterocycles. The molecule has 3 rings (SSSR count). The average molecular weight is 350 g/mol. The molecule has 112 valence electrons. The second kappa shape index (κ2) is 6.60. The Kier molecular flexibility index (Phi) is 4.57. The molecule has 0 radical (unpaired) electrons. The number of carbonyl (C=O) groups is 1. The summed E-state index contributed by atoms with van der Waals surface area (Å²) in [6, 6.07) is 9.33. The molecule has 2 heterocycles. The van der Waals surface area contributed by atoms with Crippen molar-refractivity contribution < 1.29 is 9.53 Å². The number of thiophene rings is 1. The summed E-state index contributed by atoms with van der Waals surface area (Å²) in [6.07, 6.45) is 0.131. The number of benzene rings is 1. The molecule has 0 atom stereocenters. The fraction of sp³-hybridized carbons (Fsp3) is 0.125. The van der Waals surface area contributed by atoms with Gasteiger partial charge in [0.15, 0.2) is 0 Å². The first-order valence-electron chi connectivity index (χ1n) is 6.57. The number of ether oxygens (including phenoxy) is 1. The number of hydrogen-bond donors (Lipinski definition) is 0. The molecule has 0 spiro atoms. The molecule has 0 aliphatic heterocycles. The Labute approximate surface area is 141 Å². The highest BCUT2D eigenvalue weighted by molar-refractivity contribution is 7.20. The SMILES string of the molecule is Cc1ccc(Cl)c(OC(=O)Cc2csc(-c3cccs3)n2)c1. The second-order valence-electron chi connectivity index (χ2n) is 4.71. The van der Waals surface area contributed by atoms with Crippen LogP contribution in [0.2, 0.25) is 5.02 Å². The minimum atomic E-state index is -0.365. The van der Waals surface area contributed by atoms with Crippen LogP contribution in [0.4, 0.5) is 0 Å². The monoisotopic (exact) mass is 349 g/mol. The lowest BCUT2D eigenvalue weighted by Gasteiger charge is -2.06. The minimum Gasteiger partial charge on any atom is -0.425 e. The molecule has 2 aromatic heterocycles. The van der Waals surface area contributed by atoms with E-state index in [0.29, 0.717) is 16.5 Å². The van der Waals surface area contributed by atoms with Gasteiger partial charge in [-0.3, -0.25) is 4.79 Å². The van der Waals surface area contributed by atoms with Crippen molar-refractivity contribution in [1.29, 1.82) is 0 Å². The molecule has 0 saturated carbocycles. The van der Waals surface area contributed by atoms with Crippen molar-refractivity contribution in [2.45, 2.75) is 13.3 Å². The van der Waals surface area contributed by atoms with E-state index in [2.05, 4.69) is 4.98 Å². The van der Waals surface area contributed by atoms with Crippen LogP contribution in [0.1, 0.15) is 11.3 Å². The van der Waals surface area contributed by atoms with Crippen LogP contribution in [0.15, 0.2) is 41.1 Å². The van der Waals surface area contributed by atoms with Gasteiger partial charge in [-0.15, -0.1) is 22.7 Å². The van der Waals surface area contributed by atoms with Crippen molar-refractivity contribution in [1.82, 2.24) is 4.98 Å². The van der Waals surface area contributed by atoms with Gasteiger partial charge in [0, 0.05) is 5.38 Å². The van der Waals surface area contributed by atoms with Gasteiger partial charge < -0.3 is 4.74 Å². The largest absolute Gasteiger partial charge is 0.425 e. The quantitative estimate of drug-likeness (QED) is 0.492. The molecule has 6 heteroatoms. The molecular weight excluding hydrogens is 338 g/mol. The van der Waals surface area contributed by atoms with Gasteiger partial charge in [-0.2, -0.15) is 0 Å². The number of rotatable bonds is 4. The zero-order chi connectivity index (χ0) is 15.5. The van der Waals surface area contributed by atoms with Crippen LogP contribution >= 0.6 is 34.3 Å². The topological polar surface area (TPSA) is 39.2 Å². The van der Waals surface area contributed by atoms with Crippen LogP contribution in [-0.2, 0) is 11.2 Å². The van der Waals surface area contributed by atoms with E-state index in [1.165, 1.54) is 11.3 Å². The first kappa shape index (κ1) is 15.2. The Morgan fingerprint density at radius 3 is 2.95 bits per heavy atom. The van der Waals surface area contributed by atoms with E-state index in [-0.39, 0.29) is 12.4 Å². The van der Waals surface area contributed by atoms with Crippen LogP contribution in [-0.4, -0.2) is 11.0 Å². The van der Waals surface area contributed by atoms with Crippen LogP contribution in [0.5, 0.6) is 5.75 Å². The molecule has 0 bridgehead atoms. The average Bonchev–Trinajstić information content (AvgIpc) is 3.13. The Hall–Kier alpha value is -1.69. The number of aromatic nitrogens is 1. The van der Waals surface area contributed by atoms with Gasteiger partial charge in [0.1, 0.15) is 10.8 Å². The van der Waals surface area contributed by atoms with E-state index in [0.717, 1.165) is 15.4 Å². The maximum Gasteiger partial charge on any atom is 0.317 e.